The lowest BCUT2D eigenvalue weighted by Crippen LogP contribution is -2.33. The standard InChI is InChI=1S/C13H19F2NO/c1-4-17-13(8(2)3)12(16)9-5-6-10(14)11(15)7-9/h5-8,12-13H,4,16H2,1-3H3. The van der Waals surface area contributed by atoms with Crippen molar-refractivity contribution >= 4 is 0 Å². The van der Waals surface area contributed by atoms with E-state index in [0.29, 0.717) is 12.2 Å². The summed E-state index contributed by atoms with van der Waals surface area (Å²) in [6.07, 6.45) is -0.204. The van der Waals surface area contributed by atoms with E-state index in [4.69, 9.17) is 10.5 Å². The first-order valence-electron chi connectivity index (χ1n) is 5.79. The fourth-order valence-electron chi connectivity index (χ4n) is 1.81. The van der Waals surface area contributed by atoms with Crippen LogP contribution in [0, 0.1) is 17.6 Å². The van der Waals surface area contributed by atoms with Gasteiger partial charge in [0.1, 0.15) is 0 Å². The minimum atomic E-state index is -0.878. The quantitative estimate of drug-likeness (QED) is 0.862. The maximum Gasteiger partial charge on any atom is 0.159 e. The van der Waals surface area contributed by atoms with Crippen LogP contribution in [0.25, 0.3) is 0 Å². The number of benzene rings is 1. The van der Waals surface area contributed by atoms with Gasteiger partial charge in [-0.2, -0.15) is 0 Å². The van der Waals surface area contributed by atoms with E-state index in [1.165, 1.54) is 6.07 Å². The highest BCUT2D eigenvalue weighted by Crippen LogP contribution is 2.23. The number of nitrogens with two attached hydrogens (primary N) is 1. The third-order valence-electron chi connectivity index (χ3n) is 2.70. The second-order valence-corrected chi connectivity index (χ2v) is 4.36. The molecule has 0 heterocycles. The molecule has 0 spiro atoms. The zero-order chi connectivity index (χ0) is 13.0. The maximum absolute atomic E-state index is 13.1. The normalized spacial score (nSPS) is 15.0. The molecule has 1 aromatic rings. The number of hydrogen-bond donors (Lipinski definition) is 1. The molecule has 0 aliphatic heterocycles. The van der Waals surface area contributed by atoms with Gasteiger partial charge in [-0.25, -0.2) is 8.78 Å². The minimum absolute atomic E-state index is 0.204. The summed E-state index contributed by atoms with van der Waals surface area (Å²) < 4.78 is 31.5. The van der Waals surface area contributed by atoms with E-state index in [2.05, 4.69) is 0 Å². The minimum Gasteiger partial charge on any atom is -0.376 e. The summed E-state index contributed by atoms with van der Waals surface area (Å²) in [6.45, 7) is 6.40. The second-order valence-electron chi connectivity index (χ2n) is 4.36. The highest BCUT2D eigenvalue weighted by atomic mass is 19.2. The van der Waals surface area contributed by atoms with Gasteiger partial charge in [-0.05, 0) is 30.5 Å². The van der Waals surface area contributed by atoms with Crippen molar-refractivity contribution in [3.05, 3.63) is 35.4 Å². The van der Waals surface area contributed by atoms with E-state index >= 15 is 0 Å². The van der Waals surface area contributed by atoms with Gasteiger partial charge in [0.05, 0.1) is 12.1 Å². The first kappa shape index (κ1) is 14.1. The van der Waals surface area contributed by atoms with E-state index in [9.17, 15) is 8.78 Å². The molecule has 0 saturated heterocycles. The average molecular weight is 243 g/mol. The molecule has 0 radical (unpaired) electrons. The average Bonchev–Trinajstić information content (AvgIpc) is 2.28. The molecule has 0 aliphatic rings. The largest absolute Gasteiger partial charge is 0.376 e. The number of halogens is 2. The SMILES string of the molecule is CCOC(C(C)C)C(N)c1ccc(F)c(F)c1. The summed E-state index contributed by atoms with van der Waals surface area (Å²) in [4.78, 5) is 0. The molecule has 2 nitrogen and oxygen atoms in total. The molecular weight excluding hydrogens is 224 g/mol. The van der Waals surface area contributed by atoms with E-state index in [0.717, 1.165) is 12.1 Å². The maximum atomic E-state index is 13.1. The summed E-state index contributed by atoms with van der Waals surface area (Å²) in [5.41, 5.74) is 6.58. The fourth-order valence-corrected chi connectivity index (χ4v) is 1.81. The van der Waals surface area contributed by atoms with E-state index < -0.39 is 17.7 Å². The summed E-state index contributed by atoms with van der Waals surface area (Å²) in [5.74, 6) is -1.53. The van der Waals surface area contributed by atoms with Gasteiger partial charge in [-0.3, -0.25) is 0 Å². The van der Waals surface area contributed by atoms with Gasteiger partial charge in [0.25, 0.3) is 0 Å². The van der Waals surface area contributed by atoms with E-state index in [1.807, 2.05) is 20.8 Å². The highest BCUT2D eigenvalue weighted by Gasteiger charge is 2.23. The van der Waals surface area contributed by atoms with Crippen molar-refractivity contribution in [2.75, 3.05) is 6.61 Å². The molecule has 0 aromatic heterocycles. The summed E-state index contributed by atoms with van der Waals surface area (Å²) in [5, 5.41) is 0. The van der Waals surface area contributed by atoms with Crippen molar-refractivity contribution in [3.8, 4) is 0 Å². The van der Waals surface area contributed by atoms with Crippen LogP contribution >= 0.6 is 0 Å². The molecule has 1 aromatic carbocycles. The topological polar surface area (TPSA) is 35.2 Å². The Kier molecular flexibility index (Phi) is 5.02. The Labute approximate surface area is 101 Å². The van der Waals surface area contributed by atoms with E-state index in [1.54, 1.807) is 0 Å². The molecule has 17 heavy (non-hydrogen) atoms. The van der Waals surface area contributed by atoms with Crippen molar-refractivity contribution < 1.29 is 13.5 Å². The Morgan fingerprint density at radius 2 is 1.88 bits per heavy atom. The Morgan fingerprint density at radius 3 is 2.35 bits per heavy atom. The predicted octanol–water partition coefficient (Wildman–Crippen LogP) is 3.03. The molecule has 0 bridgehead atoms. The number of hydrogen-bond acceptors (Lipinski definition) is 2. The van der Waals surface area contributed by atoms with Gasteiger partial charge >= 0.3 is 0 Å². The lowest BCUT2D eigenvalue weighted by molar-refractivity contribution is 0.0121. The molecule has 1 rings (SSSR count). The van der Waals surface area contributed by atoms with Crippen LogP contribution in [0.3, 0.4) is 0 Å². The molecule has 96 valence electrons. The second kappa shape index (κ2) is 6.07. The Morgan fingerprint density at radius 1 is 1.24 bits per heavy atom. The van der Waals surface area contributed by atoms with Gasteiger partial charge in [0, 0.05) is 6.61 Å². The molecular formula is C13H19F2NO. The summed E-state index contributed by atoms with van der Waals surface area (Å²) >= 11 is 0. The van der Waals surface area contributed by atoms with Gasteiger partial charge in [-0.1, -0.05) is 19.9 Å². The third-order valence-corrected chi connectivity index (χ3v) is 2.70. The summed E-state index contributed by atoms with van der Waals surface area (Å²) in [6, 6.07) is 3.27. The van der Waals surface area contributed by atoms with Crippen LogP contribution in [0.15, 0.2) is 18.2 Å². The van der Waals surface area contributed by atoms with Crippen LogP contribution in [0.5, 0.6) is 0 Å². The molecule has 0 amide bonds. The van der Waals surface area contributed by atoms with Crippen LogP contribution in [-0.2, 0) is 4.74 Å². The van der Waals surface area contributed by atoms with Gasteiger partial charge in [0.2, 0.25) is 0 Å². The smallest absolute Gasteiger partial charge is 0.159 e. The van der Waals surface area contributed by atoms with Gasteiger partial charge in [0.15, 0.2) is 11.6 Å². The molecule has 0 saturated carbocycles. The summed E-state index contributed by atoms with van der Waals surface area (Å²) in [7, 11) is 0. The highest BCUT2D eigenvalue weighted by molar-refractivity contribution is 5.22. The molecule has 2 unspecified atom stereocenters. The Balaban J connectivity index is 2.92. The number of rotatable bonds is 5. The van der Waals surface area contributed by atoms with Crippen LogP contribution in [0.4, 0.5) is 8.78 Å². The lowest BCUT2D eigenvalue weighted by Gasteiger charge is -2.27. The van der Waals surface area contributed by atoms with Crippen molar-refractivity contribution in [2.24, 2.45) is 11.7 Å². The van der Waals surface area contributed by atoms with Crippen molar-refractivity contribution in [3.63, 3.8) is 0 Å². The Bertz CT molecular complexity index is 368. The van der Waals surface area contributed by atoms with Crippen LogP contribution in [0.1, 0.15) is 32.4 Å². The van der Waals surface area contributed by atoms with Crippen molar-refractivity contribution in [1.29, 1.82) is 0 Å². The van der Waals surface area contributed by atoms with E-state index in [-0.39, 0.29) is 12.0 Å². The molecule has 4 heteroatoms. The van der Waals surface area contributed by atoms with Crippen LogP contribution in [0.2, 0.25) is 0 Å². The molecule has 2 N–H and O–H groups in total. The zero-order valence-electron chi connectivity index (χ0n) is 10.4. The Hall–Kier alpha value is -1.00. The van der Waals surface area contributed by atoms with Crippen molar-refractivity contribution in [2.45, 2.75) is 32.9 Å². The first-order valence-corrected chi connectivity index (χ1v) is 5.79. The fraction of sp³-hybridized carbons (Fsp3) is 0.538. The molecule has 0 fully saturated rings. The third kappa shape index (κ3) is 3.48. The van der Waals surface area contributed by atoms with Gasteiger partial charge < -0.3 is 10.5 Å². The number of ether oxygens (including phenoxy) is 1. The molecule has 0 aliphatic carbocycles. The monoisotopic (exact) mass is 243 g/mol. The lowest BCUT2D eigenvalue weighted by atomic mass is 9.94. The van der Waals surface area contributed by atoms with Crippen LogP contribution < -0.4 is 5.73 Å². The van der Waals surface area contributed by atoms with Gasteiger partial charge in [-0.15, -0.1) is 0 Å². The zero-order valence-corrected chi connectivity index (χ0v) is 10.4. The molecule has 2 atom stereocenters. The van der Waals surface area contributed by atoms with Crippen LogP contribution in [-0.4, -0.2) is 12.7 Å². The predicted molar refractivity (Wildman–Crippen MR) is 63.5 cm³/mol. The first-order chi connectivity index (χ1) is 7.97. The van der Waals surface area contributed by atoms with Crippen molar-refractivity contribution in [1.82, 2.24) is 0 Å².